The van der Waals surface area contributed by atoms with Crippen LogP contribution in [0.3, 0.4) is 0 Å². The van der Waals surface area contributed by atoms with Gasteiger partial charge in [0.05, 0.1) is 17.1 Å². The molecule has 0 unspecified atom stereocenters. The molecule has 0 aliphatic heterocycles. The van der Waals surface area contributed by atoms with Crippen LogP contribution in [0.4, 0.5) is 4.39 Å². The summed E-state index contributed by atoms with van der Waals surface area (Å²) in [6, 6.07) is 3.23. The van der Waals surface area contributed by atoms with Crippen molar-refractivity contribution in [2.24, 2.45) is 0 Å². The van der Waals surface area contributed by atoms with Crippen molar-refractivity contribution in [1.82, 2.24) is 0 Å². The Balaban J connectivity index is 2.61. The van der Waals surface area contributed by atoms with Crippen molar-refractivity contribution in [2.45, 2.75) is 31.3 Å². The molecule has 0 radical (unpaired) electrons. The first-order chi connectivity index (χ1) is 8.59. The van der Waals surface area contributed by atoms with Gasteiger partial charge in [-0.2, -0.15) is 0 Å². The minimum Gasteiger partial charge on any atom is -0.488 e. The minimum atomic E-state index is -3.93. The lowest BCUT2D eigenvalue weighted by Crippen LogP contribution is -2.22. The van der Waals surface area contributed by atoms with E-state index < -0.39 is 14.9 Å². The monoisotopic (exact) mass is 310 g/mol. The average Bonchev–Trinajstić information content (AvgIpc) is 2.23. The summed E-state index contributed by atoms with van der Waals surface area (Å²) in [7, 11) is 1.17. The Bertz CT molecular complexity index is 537. The Hall–Kier alpha value is -0.850. The summed E-state index contributed by atoms with van der Waals surface area (Å²) in [6.45, 7) is 6.16. The lowest BCUT2D eigenvalue weighted by molar-refractivity contribution is -0.0166. The van der Waals surface area contributed by atoms with Crippen molar-refractivity contribution in [3.8, 4) is 5.75 Å². The molecule has 0 bridgehead atoms. The predicted molar refractivity (Wildman–Crippen MR) is 70.6 cm³/mol. The molecule has 0 aliphatic rings. The Morgan fingerprint density at radius 2 is 1.89 bits per heavy atom. The number of ether oxygens (including phenoxy) is 2. The molecule has 0 saturated carbocycles. The van der Waals surface area contributed by atoms with Crippen LogP contribution in [-0.4, -0.2) is 27.2 Å². The van der Waals surface area contributed by atoms with Crippen molar-refractivity contribution in [3.63, 3.8) is 0 Å². The van der Waals surface area contributed by atoms with Gasteiger partial charge in [0.15, 0.2) is 11.6 Å². The molecule has 0 saturated heterocycles. The van der Waals surface area contributed by atoms with Gasteiger partial charge in [-0.25, -0.2) is 12.8 Å². The van der Waals surface area contributed by atoms with E-state index in [-0.39, 0.29) is 22.9 Å². The summed E-state index contributed by atoms with van der Waals surface area (Å²) >= 11 is 0. The number of hydrogen-bond donors (Lipinski definition) is 0. The molecule has 7 heteroatoms. The summed E-state index contributed by atoms with van der Waals surface area (Å²) in [5, 5.41) is 0. The fourth-order valence-electron chi connectivity index (χ4n) is 1.25. The van der Waals surface area contributed by atoms with Crippen molar-refractivity contribution >= 4 is 19.7 Å². The van der Waals surface area contributed by atoms with Gasteiger partial charge in [-0.15, -0.1) is 0 Å². The van der Waals surface area contributed by atoms with Gasteiger partial charge in [0.1, 0.15) is 6.61 Å². The van der Waals surface area contributed by atoms with Crippen LogP contribution in [-0.2, 0) is 13.8 Å². The second-order valence-corrected chi connectivity index (χ2v) is 7.41. The Labute approximate surface area is 116 Å². The van der Waals surface area contributed by atoms with Gasteiger partial charge in [0.2, 0.25) is 0 Å². The van der Waals surface area contributed by atoms with Crippen LogP contribution in [0.5, 0.6) is 5.75 Å². The minimum absolute atomic E-state index is 0.0402. The summed E-state index contributed by atoms with van der Waals surface area (Å²) in [4.78, 5) is -0.301. The average molecular weight is 311 g/mol. The van der Waals surface area contributed by atoms with E-state index >= 15 is 0 Å². The highest BCUT2D eigenvalue weighted by atomic mass is 35.7. The predicted octanol–water partition coefficient (Wildman–Crippen LogP) is 2.95. The topological polar surface area (TPSA) is 52.6 Å². The molecule has 0 aliphatic carbocycles. The summed E-state index contributed by atoms with van der Waals surface area (Å²) in [6.07, 6.45) is 0. The van der Waals surface area contributed by atoms with E-state index in [0.717, 1.165) is 6.07 Å². The van der Waals surface area contributed by atoms with Crippen LogP contribution >= 0.6 is 10.7 Å². The van der Waals surface area contributed by atoms with Crippen LogP contribution in [0.1, 0.15) is 20.8 Å². The van der Waals surface area contributed by atoms with Crippen LogP contribution in [0, 0.1) is 5.82 Å². The van der Waals surface area contributed by atoms with Gasteiger partial charge in [-0.1, -0.05) is 0 Å². The number of hydrogen-bond acceptors (Lipinski definition) is 4. The fourth-order valence-corrected chi connectivity index (χ4v) is 2.01. The standard InChI is InChI=1S/C12H16ClFO4S/c1-12(2,3)18-7-6-17-11-5-4-9(8-10(11)14)19(13,15)16/h4-5,8H,6-7H2,1-3H3. The molecule has 0 amide bonds. The molecule has 108 valence electrons. The second-order valence-electron chi connectivity index (χ2n) is 4.84. The Morgan fingerprint density at radius 3 is 2.37 bits per heavy atom. The van der Waals surface area contributed by atoms with E-state index in [1.165, 1.54) is 12.1 Å². The van der Waals surface area contributed by atoms with Crippen LogP contribution in [0.2, 0.25) is 0 Å². The van der Waals surface area contributed by atoms with E-state index in [4.69, 9.17) is 20.2 Å². The zero-order chi connectivity index (χ0) is 14.7. The van der Waals surface area contributed by atoms with E-state index in [1.54, 1.807) is 0 Å². The molecule has 4 nitrogen and oxygen atoms in total. The van der Waals surface area contributed by atoms with E-state index in [1.807, 2.05) is 20.8 Å². The van der Waals surface area contributed by atoms with Gasteiger partial charge in [-0.3, -0.25) is 0 Å². The number of halogens is 2. The maximum absolute atomic E-state index is 13.6. The largest absolute Gasteiger partial charge is 0.488 e. The molecule has 19 heavy (non-hydrogen) atoms. The molecule has 0 heterocycles. The molecular weight excluding hydrogens is 295 g/mol. The molecule has 0 fully saturated rings. The van der Waals surface area contributed by atoms with Crippen molar-refractivity contribution in [1.29, 1.82) is 0 Å². The molecule has 0 atom stereocenters. The smallest absolute Gasteiger partial charge is 0.261 e. The zero-order valence-electron chi connectivity index (χ0n) is 10.9. The molecule has 1 aromatic carbocycles. The van der Waals surface area contributed by atoms with Crippen molar-refractivity contribution in [3.05, 3.63) is 24.0 Å². The zero-order valence-corrected chi connectivity index (χ0v) is 12.5. The van der Waals surface area contributed by atoms with Gasteiger partial charge in [-0.05, 0) is 39.0 Å². The number of rotatable bonds is 5. The normalized spacial score (nSPS) is 12.5. The Kier molecular flexibility index (Phi) is 5.18. The second kappa shape index (κ2) is 6.07. The molecule has 1 aromatic rings. The Morgan fingerprint density at radius 1 is 1.26 bits per heavy atom. The van der Waals surface area contributed by atoms with E-state index in [0.29, 0.717) is 6.61 Å². The highest BCUT2D eigenvalue weighted by Crippen LogP contribution is 2.23. The SMILES string of the molecule is CC(C)(C)OCCOc1ccc(S(=O)(=O)Cl)cc1F. The highest BCUT2D eigenvalue weighted by molar-refractivity contribution is 8.13. The molecule has 0 spiro atoms. The maximum atomic E-state index is 13.6. The summed E-state index contributed by atoms with van der Waals surface area (Å²) in [5.41, 5.74) is -0.293. The molecule has 0 N–H and O–H groups in total. The third kappa shape index (κ3) is 5.76. The molecular formula is C12H16ClFO4S. The molecule has 1 rings (SSSR count). The van der Waals surface area contributed by atoms with Gasteiger partial charge in [0.25, 0.3) is 9.05 Å². The molecule has 0 aromatic heterocycles. The lowest BCUT2D eigenvalue weighted by Gasteiger charge is -2.19. The van der Waals surface area contributed by atoms with Crippen LogP contribution in [0.15, 0.2) is 23.1 Å². The van der Waals surface area contributed by atoms with E-state index in [2.05, 4.69) is 0 Å². The van der Waals surface area contributed by atoms with Crippen LogP contribution in [0.25, 0.3) is 0 Å². The van der Waals surface area contributed by atoms with Gasteiger partial charge < -0.3 is 9.47 Å². The first kappa shape index (κ1) is 16.2. The van der Waals surface area contributed by atoms with E-state index in [9.17, 15) is 12.8 Å². The summed E-state index contributed by atoms with van der Waals surface area (Å²) in [5.74, 6) is -0.820. The van der Waals surface area contributed by atoms with Gasteiger partial charge >= 0.3 is 0 Å². The third-order valence-electron chi connectivity index (χ3n) is 2.06. The maximum Gasteiger partial charge on any atom is 0.261 e. The number of benzene rings is 1. The first-order valence-corrected chi connectivity index (χ1v) is 7.91. The van der Waals surface area contributed by atoms with Crippen molar-refractivity contribution in [2.75, 3.05) is 13.2 Å². The van der Waals surface area contributed by atoms with Gasteiger partial charge in [0, 0.05) is 10.7 Å². The summed E-state index contributed by atoms with van der Waals surface area (Å²) < 4.78 is 46.1. The third-order valence-corrected chi connectivity index (χ3v) is 3.41. The highest BCUT2D eigenvalue weighted by Gasteiger charge is 2.14. The van der Waals surface area contributed by atoms with Crippen LogP contribution < -0.4 is 4.74 Å². The quantitative estimate of drug-likeness (QED) is 0.620. The first-order valence-electron chi connectivity index (χ1n) is 5.60. The lowest BCUT2D eigenvalue weighted by atomic mass is 10.2. The fraction of sp³-hybridized carbons (Fsp3) is 0.500. The van der Waals surface area contributed by atoms with Crippen molar-refractivity contribution < 1.29 is 22.3 Å².